The highest BCUT2D eigenvalue weighted by atomic mass is 19.4. The molecule has 1 saturated carbocycles. The molecule has 9 heteroatoms. The van der Waals surface area contributed by atoms with Crippen LogP contribution in [0.2, 0.25) is 0 Å². The van der Waals surface area contributed by atoms with Gasteiger partial charge in [0.2, 0.25) is 0 Å². The number of imide groups is 1. The second-order valence-corrected chi connectivity index (χ2v) is 6.39. The van der Waals surface area contributed by atoms with E-state index in [-0.39, 0.29) is 11.6 Å². The Bertz CT molecular complexity index is 685. The van der Waals surface area contributed by atoms with Gasteiger partial charge in [0.15, 0.2) is 6.61 Å². The van der Waals surface area contributed by atoms with Gasteiger partial charge in [-0.3, -0.25) is 14.9 Å². The summed E-state index contributed by atoms with van der Waals surface area (Å²) in [4.78, 5) is 35.0. The van der Waals surface area contributed by atoms with Crippen molar-refractivity contribution in [1.29, 1.82) is 0 Å². The lowest BCUT2D eigenvalue weighted by molar-refractivity contribution is -0.147. The predicted octanol–water partition coefficient (Wildman–Crippen LogP) is 2.95. The third-order valence-corrected chi connectivity index (χ3v) is 4.16. The number of urea groups is 1. The fourth-order valence-electron chi connectivity index (χ4n) is 2.85. The number of alkyl halides is 3. The number of hydrogen-bond acceptors (Lipinski definition) is 4. The maximum atomic E-state index is 12.6. The molecule has 0 spiro atoms. The summed E-state index contributed by atoms with van der Waals surface area (Å²) in [6, 6.07) is 3.66. The van der Waals surface area contributed by atoms with Crippen molar-refractivity contribution in [1.82, 2.24) is 10.6 Å². The molecule has 3 amide bonds. The zero-order chi connectivity index (χ0) is 19.9. The van der Waals surface area contributed by atoms with Crippen molar-refractivity contribution in [2.75, 3.05) is 6.61 Å². The average molecular weight is 386 g/mol. The van der Waals surface area contributed by atoms with Crippen LogP contribution in [0, 0.1) is 0 Å². The molecule has 148 valence electrons. The summed E-state index contributed by atoms with van der Waals surface area (Å²) in [5.74, 6) is -1.67. The van der Waals surface area contributed by atoms with E-state index in [9.17, 15) is 27.6 Å². The number of ether oxygens (including phenoxy) is 1. The molecular weight excluding hydrogens is 365 g/mol. The molecule has 2 rings (SSSR count). The van der Waals surface area contributed by atoms with Crippen LogP contribution in [-0.2, 0) is 26.9 Å². The standard InChI is InChI=1S/C18H21F3N2O4/c19-18(20,21)13-6-4-5-12(9-13)10-16(25)27-11-15(24)23-17(26)22-14-7-2-1-3-8-14/h4-6,9,14H,1-3,7-8,10-11H2,(H2,22,23,24,26). The van der Waals surface area contributed by atoms with Crippen LogP contribution in [0.1, 0.15) is 43.2 Å². The van der Waals surface area contributed by atoms with Crippen LogP contribution in [0.15, 0.2) is 24.3 Å². The van der Waals surface area contributed by atoms with Crippen LogP contribution in [0.25, 0.3) is 0 Å². The van der Waals surface area contributed by atoms with Gasteiger partial charge in [-0.15, -0.1) is 0 Å². The zero-order valence-electron chi connectivity index (χ0n) is 14.6. The van der Waals surface area contributed by atoms with Crippen molar-refractivity contribution in [3.63, 3.8) is 0 Å². The molecule has 1 aromatic rings. The van der Waals surface area contributed by atoms with E-state index in [1.807, 2.05) is 0 Å². The zero-order valence-corrected chi connectivity index (χ0v) is 14.6. The Labute approximate surface area is 154 Å². The molecule has 0 aromatic heterocycles. The number of rotatable bonds is 5. The molecule has 27 heavy (non-hydrogen) atoms. The van der Waals surface area contributed by atoms with Gasteiger partial charge in [0.1, 0.15) is 0 Å². The third kappa shape index (κ3) is 7.28. The summed E-state index contributed by atoms with van der Waals surface area (Å²) >= 11 is 0. The number of hydrogen-bond donors (Lipinski definition) is 2. The highest BCUT2D eigenvalue weighted by Gasteiger charge is 2.30. The molecular formula is C18H21F3N2O4. The summed E-state index contributed by atoms with van der Waals surface area (Å²) in [6.45, 7) is -0.685. The number of benzene rings is 1. The SMILES string of the molecule is O=C(COC(=O)Cc1cccc(C(F)(F)F)c1)NC(=O)NC1CCCCC1. The highest BCUT2D eigenvalue weighted by Crippen LogP contribution is 2.29. The quantitative estimate of drug-likeness (QED) is 0.762. The molecule has 0 heterocycles. The maximum absolute atomic E-state index is 12.6. The molecule has 0 unspecified atom stereocenters. The largest absolute Gasteiger partial charge is 0.455 e. The number of carbonyl (C=O) groups is 3. The summed E-state index contributed by atoms with van der Waals surface area (Å²) in [7, 11) is 0. The van der Waals surface area contributed by atoms with Gasteiger partial charge in [-0.2, -0.15) is 13.2 Å². The van der Waals surface area contributed by atoms with E-state index in [1.165, 1.54) is 12.1 Å². The Balaban J connectivity index is 1.73. The topological polar surface area (TPSA) is 84.5 Å². The minimum atomic E-state index is -4.51. The Morgan fingerprint density at radius 1 is 1.11 bits per heavy atom. The second kappa shape index (κ2) is 9.38. The molecule has 0 bridgehead atoms. The molecule has 0 atom stereocenters. The first-order valence-corrected chi connectivity index (χ1v) is 8.66. The number of carbonyl (C=O) groups excluding carboxylic acids is 3. The molecule has 1 aliphatic carbocycles. The summed E-state index contributed by atoms with van der Waals surface area (Å²) < 4.78 is 42.6. The van der Waals surface area contributed by atoms with Crippen LogP contribution in [-0.4, -0.2) is 30.6 Å². The van der Waals surface area contributed by atoms with Gasteiger partial charge in [-0.05, 0) is 24.5 Å². The van der Waals surface area contributed by atoms with Crippen LogP contribution in [0.5, 0.6) is 0 Å². The molecule has 0 saturated heterocycles. The minimum Gasteiger partial charge on any atom is -0.455 e. The van der Waals surface area contributed by atoms with Crippen molar-refractivity contribution in [3.05, 3.63) is 35.4 Å². The van der Waals surface area contributed by atoms with Gasteiger partial charge in [0.05, 0.1) is 12.0 Å². The Morgan fingerprint density at radius 2 is 1.81 bits per heavy atom. The molecule has 6 nitrogen and oxygen atoms in total. The van der Waals surface area contributed by atoms with E-state index < -0.39 is 42.7 Å². The summed E-state index contributed by atoms with van der Waals surface area (Å²) in [6.07, 6.45) is -0.0449. The first-order valence-electron chi connectivity index (χ1n) is 8.66. The van der Waals surface area contributed by atoms with E-state index in [2.05, 4.69) is 10.6 Å². The summed E-state index contributed by atoms with van der Waals surface area (Å²) in [5.41, 5.74) is -0.754. The molecule has 0 aliphatic heterocycles. The Morgan fingerprint density at radius 3 is 2.48 bits per heavy atom. The van der Waals surface area contributed by atoms with Gasteiger partial charge >= 0.3 is 18.2 Å². The maximum Gasteiger partial charge on any atom is 0.416 e. The highest BCUT2D eigenvalue weighted by molar-refractivity contribution is 5.95. The first kappa shape index (κ1) is 20.7. The lowest BCUT2D eigenvalue weighted by Gasteiger charge is -2.22. The third-order valence-electron chi connectivity index (χ3n) is 4.16. The molecule has 2 N–H and O–H groups in total. The molecule has 1 fully saturated rings. The van der Waals surface area contributed by atoms with Gasteiger partial charge in [0, 0.05) is 6.04 Å². The second-order valence-electron chi connectivity index (χ2n) is 6.39. The van der Waals surface area contributed by atoms with Crippen LogP contribution >= 0.6 is 0 Å². The number of halogens is 3. The smallest absolute Gasteiger partial charge is 0.416 e. The van der Waals surface area contributed by atoms with Gasteiger partial charge in [-0.25, -0.2) is 4.79 Å². The monoisotopic (exact) mass is 386 g/mol. The van der Waals surface area contributed by atoms with Gasteiger partial charge < -0.3 is 10.1 Å². The van der Waals surface area contributed by atoms with Gasteiger partial charge in [-0.1, -0.05) is 37.5 Å². The number of amides is 3. The van der Waals surface area contributed by atoms with Crippen molar-refractivity contribution in [3.8, 4) is 0 Å². The fraction of sp³-hybridized carbons (Fsp3) is 0.500. The molecule has 1 aliphatic rings. The van der Waals surface area contributed by atoms with E-state index in [4.69, 9.17) is 4.74 Å². The fourth-order valence-corrected chi connectivity index (χ4v) is 2.85. The van der Waals surface area contributed by atoms with E-state index in [0.29, 0.717) is 0 Å². The minimum absolute atomic E-state index is 0.0232. The normalized spacial score (nSPS) is 15.1. The predicted molar refractivity (Wildman–Crippen MR) is 89.7 cm³/mol. The van der Waals surface area contributed by atoms with Crippen molar-refractivity contribution >= 4 is 17.9 Å². The lowest BCUT2D eigenvalue weighted by Crippen LogP contribution is -2.46. The van der Waals surface area contributed by atoms with E-state index in [1.54, 1.807) is 0 Å². The number of nitrogens with one attached hydrogen (secondary N) is 2. The van der Waals surface area contributed by atoms with E-state index in [0.717, 1.165) is 44.2 Å². The number of esters is 1. The Hall–Kier alpha value is -2.58. The van der Waals surface area contributed by atoms with Crippen molar-refractivity contribution in [2.24, 2.45) is 0 Å². The molecule has 1 aromatic carbocycles. The van der Waals surface area contributed by atoms with Crippen LogP contribution in [0.3, 0.4) is 0 Å². The van der Waals surface area contributed by atoms with Crippen molar-refractivity contribution < 1.29 is 32.3 Å². The average Bonchev–Trinajstić information content (AvgIpc) is 2.60. The first-order chi connectivity index (χ1) is 12.7. The van der Waals surface area contributed by atoms with Crippen molar-refractivity contribution in [2.45, 2.75) is 50.7 Å². The summed E-state index contributed by atoms with van der Waals surface area (Å²) in [5, 5.41) is 4.74. The van der Waals surface area contributed by atoms with Gasteiger partial charge in [0.25, 0.3) is 5.91 Å². The van der Waals surface area contributed by atoms with Crippen LogP contribution < -0.4 is 10.6 Å². The lowest BCUT2D eigenvalue weighted by atomic mass is 9.96. The Kier molecular flexibility index (Phi) is 7.20. The van der Waals surface area contributed by atoms with E-state index >= 15 is 0 Å². The molecule has 0 radical (unpaired) electrons. The van der Waals surface area contributed by atoms with Crippen LogP contribution in [0.4, 0.5) is 18.0 Å².